The lowest BCUT2D eigenvalue weighted by molar-refractivity contribution is 0.0836. The van der Waals surface area contributed by atoms with Gasteiger partial charge in [0, 0.05) is 5.02 Å². The normalized spacial score (nSPS) is 15.4. The third-order valence-corrected chi connectivity index (χ3v) is 4.64. The Kier molecular flexibility index (Phi) is 6.13. The summed E-state index contributed by atoms with van der Waals surface area (Å²) in [5, 5.41) is 22.5. The fraction of sp³-hybridized carbons (Fsp3) is 0.333. The van der Waals surface area contributed by atoms with E-state index < -0.39 is 11.2 Å². The maximum absolute atomic E-state index is 11.0. The molecule has 2 aromatic carbocycles. The molecule has 0 aliphatic rings. The molecule has 0 fully saturated rings. The van der Waals surface area contributed by atoms with Crippen LogP contribution >= 0.6 is 11.6 Å². The van der Waals surface area contributed by atoms with E-state index >= 15 is 0 Å². The number of benzene rings is 2. The van der Waals surface area contributed by atoms with Gasteiger partial charge in [-0.2, -0.15) is 0 Å². The summed E-state index contributed by atoms with van der Waals surface area (Å²) in [5.74, 6) is 6.48. The van der Waals surface area contributed by atoms with E-state index in [1.54, 1.807) is 55.6 Å². The number of halogens is 1. The molecule has 0 radical (unpaired) electrons. The fourth-order valence-electron chi connectivity index (χ4n) is 2.53. The molecular formula is C21H23ClO3. The molecule has 2 unspecified atom stereocenters. The first kappa shape index (κ1) is 19.3. The van der Waals surface area contributed by atoms with Crippen LogP contribution in [-0.2, 0) is 11.2 Å². The van der Waals surface area contributed by atoms with Crippen molar-refractivity contribution in [3.63, 3.8) is 0 Å². The van der Waals surface area contributed by atoms with Crippen molar-refractivity contribution in [3.8, 4) is 17.6 Å². The molecule has 0 heterocycles. The molecule has 0 amide bonds. The monoisotopic (exact) mass is 358 g/mol. The Morgan fingerprint density at radius 2 is 1.24 bits per heavy atom. The van der Waals surface area contributed by atoms with Crippen molar-refractivity contribution in [2.45, 2.75) is 37.9 Å². The van der Waals surface area contributed by atoms with Crippen LogP contribution in [0.4, 0.5) is 0 Å². The van der Waals surface area contributed by atoms with Gasteiger partial charge in [0.25, 0.3) is 0 Å². The van der Waals surface area contributed by atoms with Gasteiger partial charge in [0.05, 0.1) is 7.11 Å². The summed E-state index contributed by atoms with van der Waals surface area (Å²) in [4.78, 5) is 0. The number of aliphatic hydroxyl groups is 2. The van der Waals surface area contributed by atoms with Crippen LogP contribution in [0, 0.1) is 11.8 Å². The van der Waals surface area contributed by atoms with E-state index in [0.29, 0.717) is 34.7 Å². The molecule has 4 heteroatoms. The zero-order chi connectivity index (χ0) is 18.5. The number of hydrogen-bond donors (Lipinski definition) is 2. The second-order valence-electron chi connectivity index (χ2n) is 5.91. The van der Waals surface area contributed by atoms with E-state index in [9.17, 15) is 10.2 Å². The van der Waals surface area contributed by atoms with Crippen LogP contribution in [0.1, 0.15) is 37.8 Å². The highest BCUT2D eigenvalue weighted by atomic mass is 35.5. The molecule has 0 aromatic heterocycles. The topological polar surface area (TPSA) is 49.7 Å². The average molecular weight is 359 g/mol. The second kappa shape index (κ2) is 7.93. The molecule has 2 aromatic rings. The molecule has 2 atom stereocenters. The molecule has 2 N–H and O–H groups in total. The zero-order valence-electron chi connectivity index (χ0n) is 14.7. The van der Waals surface area contributed by atoms with Gasteiger partial charge in [-0.1, -0.05) is 61.6 Å². The van der Waals surface area contributed by atoms with Crippen molar-refractivity contribution < 1.29 is 14.9 Å². The van der Waals surface area contributed by atoms with Crippen molar-refractivity contribution in [2.24, 2.45) is 0 Å². The first-order valence-corrected chi connectivity index (χ1v) is 8.64. The van der Waals surface area contributed by atoms with Crippen LogP contribution in [0.25, 0.3) is 0 Å². The number of rotatable bonds is 5. The Labute approximate surface area is 154 Å². The molecule has 0 saturated heterocycles. The third-order valence-electron chi connectivity index (χ3n) is 4.39. The molecule has 0 saturated carbocycles. The highest BCUT2D eigenvalue weighted by Crippen LogP contribution is 2.29. The quantitative estimate of drug-likeness (QED) is 0.786. The van der Waals surface area contributed by atoms with Crippen LogP contribution in [-0.4, -0.2) is 17.3 Å². The van der Waals surface area contributed by atoms with Gasteiger partial charge in [-0.05, 0) is 48.2 Å². The fourth-order valence-corrected chi connectivity index (χ4v) is 2.65. The van der Waals surface area contributed by atoms with E-state index in [1.165, 1.54) is 0 Å². The van der Waals surface area contributed by atoms with E-state index in [1.807, 2.05) is 13.8 Å². The molecule has 0 spiro atoms. The smallest absolute Gasteiger partial charge is 0.150 e. The van der Waals surface area contributed by atoms with E-state index in [2.05, 4.69) is 11.8 Å². The van der Waals surface area contributed by atoms with Crippen LogP contribution < -0.4 is 4.74 Å². The average Bonchev–Trinajstić information content (AvgIpc) is 2.66. The van der Waals surface area contributed by atoms with E-state index in [-0.39, 0.29) is 0 Å². The summed E-state index contributed by atoms with van der Waals surface area (Å²) >= 11 is 5.91. The Bertz CT molecular complexity index is 758. The summed E-state index contributed by atoms with van der Waals surface area (Å²) in [7, 11) is 1.59. The van der Waals surface area contributed by atoms with Crippen LogP contribution in [0.5, 0.6) is 5.75 Å². The van der Waals surface area contributed by atoms with Gasteiger partial charge in [0.2, 0.25) is 0 Å². The van der Waals surface area contributed by atoms with Gasteiger partial charge >= 0.3 is 0 Å². The van der Waals surface area contributed by atoms with E-state index in [4.69, 9.17) is 16.3 Å². The predicted octanol–water partition coefficient (Wildman–Crippen LogP) is 4.25. The predicted molar refractivity (Wildman–Crippen MR) is 101 cm³/mol. The highest BCUT2D eigenvalue weighted by molar-refractivity contribution is 6.30. The molecule has 0 aliphatic heterocycles. The van der Waals surface area contributed by atoms with E-state index in [0.717, 1.165) is 0 Å². The number of methoxy groups -OCH3 is 1. The lowest BCUT2D eigenvalue weighted by Crippen LogP contribution is -2.26. The molecule has 0 aliphatic carbocycles. The Morgan fingerprint density at radius 3 is 1.60 bits per heavy atom. The summed E-state index contributed by atoms with van der Waals surface area (Å²) in [6.45, 7) is 3.70. The summed E-state index contributed by atoms with van der Waals surface area (Å²) < 4.78 is 5.15. The molecule has 3 nitrogen and oxygen atoms in total. The third kappa shape index (κ3) is 4.35. The first-order valence-electron chi connectivity index (χ1n) is 8.26. The maximum atomic E-state index is 11.0. The minimum atomic E-state index is -1.35. The SMILES string of the molecule is CCC(O)(C#CC(O)(CC)c1ccc(OC)cc1)c1ccc(Cl)cc1. The Balaban J connectivity index is 2.40. The van der Waals surface area contributed by atoms with Crippen molar-refractivity contribution in [1.29, 1.82) is 0 Å². The molecule has 132 valence electrons. The van der Waals surface area contributed by atoms with Gasteiger partial charge in [-0.3, -0.25) is 0 Å². The zero-order valence-corrected chi connectivity index (χ0v) is 15.5. The van der Waals surface area contributed by atoms with Crippen molar-refractivity contribution in [3.05, 3.63) is 64.7 Å². The van der Waals surface area contributed by atoms with Gasteiger partial charge in [-0.15, -0.1) is 0 Å². The minimum absolute atomic E-state index is 0.393. The molecule has 25 heavy (non-hydrogen) atoms. The van der Waals surface area contributed by atoms with Crippen LogP contribution in [0.2, 0.25) is 5.02 Å². The van der Waals surface area contributed by atoms with Crippen molar-refractivity contribution in [2.75, 3.05) is 7.11 Å². The summed E-state index contributed by atoms with van der Waals surface area (Å²) in [6.07, 6.45) is 0.788. The molecule has 0 bridgehead atoms. The van der Waals surface area contributed by atoms with Gasteiger partial charge < -0.3 is 14.9 Å². The standard InChI is InChI=1S/C21H23ClO3/c1-4-20(23,16-6-10-18(22)11-7-16)14-15-21(24,5-2)17-8-12-19(25-3)13-9-17/h6-13,23-24H,4-5H2,1-3H3. The van der Waals surface area contributed by atoms with Gasteiger partial charge in [-0.25, -0.2) is 0 Å². The molecular weight excluding hydrogens is 336 g/mol. The highest BCUT2D eigenvalue weighted by Gasteiger charge is 2.29. The summed E-state index contributed by atoms with van der Waals surface area (Å²) in [5.41, 5.74) is -1.37. The van der Waals surface area contributed by atoms with Crippen molar-refractivity contribution in [1.82, 2.24) is 0 Å². The largest absolute Gasteiger partial charge is 0.497 e. The second-order valence-corrected chi connectivity index (χ2v) is 6.35. The summed E-state index contributed by atoms with van der Waals surface area (Å²) in [6, 6.07) is 14.1. The minimum Gasteiger partial charge on any atom is -0.497 e. The first-order chi connectivity index (χ1) is 11.9. The van der Waals surface area contributed by atoms with Gasteiger partial charge in [0.1, 0.15) is 5.75 Å². The Hall–Kier alpha value is -1.99. The van der Waals surface area contributed by atoms with Crippen molar-refractivity contribution >= 4 is 11.6 Å². The lowest BCUT2D eigenvalue weighted by atomic mass is 9.87. The number of ether oxygens (including phenoxy) is 1. The van der Waals surface area contributed by atoms with Crippen LogP contribution in [0.3, 0.4) is 0 Å². The van der Waals surface area contributed by atoms with Gasteiger partial charge in [0.15, 0.2) is 11.2 Å². The molecule has 2 rings (SSSR count). The Morgan fingerprint density at radius 1 is 0.840 bits per heavy atom. The number of hydrogen-bond acceptors (Lipinski definition) is 3. The lowest BCUT2D eigenvalue weighted by Gasteiger charge is -2.25. The maximum Gasteiger partial charge on any atom is 0.150 e. The van der Waals surface area contributed by atoms with Crippen LogP contribution in [0.15, 0.2) is 48.5 Å².